The van der Waals surface area contributed by atoms with Crippen molar-refractivity contribution in [1.29, 1.82) is 0 Å². The Labute approximate surface area is 218 Å². The zero-order valence-electron chi connectivity index (χ0n) is 20.2. The minimum atomic E-state index is -0.908. The second-order valence-corrected chi connectivity index (χ2v) is 9.62. The fourth-order valence-corrected chi connectivity index (χ4v) is 4.74. The summed E-state index contributed by atoms with van der Waals surface area (Å²) in [5.74, 6) is 0.0673. The number of benzene rings is 1. The van der Waals surface area contributed by atoms with Crippen molar-refractivity contribution in [3.63, 3.8) is 0 Å². The zero-order valence-corrected chi connectivity index (χ0v) is 21.0. The number of aromatic amines is 1. The number of piperidine rings is 1. The Morgan fingerprint density at radius 1 is 1.32 bits per heavy atom. The molecule has 0 amide bonds. The number of ketones is 1. The van der Waals surface area contributed by atoms with E-state index in [-0.39, 0.29) is 17.5 Å². The van der Waals surface area contributed by atoms with Crippen molar-refractivity contribution in [3.8, 4) is 11.4 Å². The summed E-state index contributed by atoms with van der Waals surface area (Å²) in [6, 6.07) is 8.82. The molecule has 0 aliphatic carbocycles. The Kier molecular flexibility index (Phi) is 7.31. The Bertz CT molecular complexity index is 1430. The number of Topliss-reactive ketones (excluding diaryl/α,β-unsaturated/α-hetero) is 1. The van der Waals surface area contributed by atoms with Gasteiger partial charge in [0.05, 0.1) is 11.2 Å². The first-order valence-electron chi connectivity index (χ1n) is 12.1. The maximum absolute atomic E-state index is 14.6. The number of nitrogens with one attached hydrogen (secondary N) is 3. The molecular weight excluding hydrogens is 497 g/mol. The van der Waals surface area contributed by atoms with Crippen LogP contribution in [0.4, 0.5) is 15.9 Å². The van der Waals surface area contributed by atoms with Crippen molar-refractivity contribution in [1.82, 2.24) is 24.8 Å². The van der Waals surface area contributed by atoms with E-state index >= 15 is 0 Å². The monoisotopic (exact) mass is 523 g/mol. The third kappa shape index (κ3) is 5.71. The van der Waals surface area contributed by atoms with Crippen LogP contribution in [0.25, 0.3) is 22.4 Å². The second kappa shape index (κ2) is 10.8. The predicted molar refractivity (Wildman–Crippen MR) is 141 cm³/mol. The van der Waals surface area contributed by atoms with Crippen LogP contribution in [0.5, 0.6) is 0 Å². The van der Waals surface area contributed by atoms with Gasteiger partial charge in [0.1, 0.15) is 5.65 Å². The Morgan fingerprint density at radius 2 is 2.19 bits per heavy atom. The average molecular weight is 524 g/mol. The van der Waals surface area contributed by atoms with E-state index in [1.54, 1.807) is 36.7 Å². The van der Waals surface area contributed by atoms with Gasteiger partial charge in [0.25, 0.3) is 0 Å². The lowest BCUT2D eigenvalue weighted by atomic mass is 9.98. The number of nitrogens with zero attached hydrogens (tertiary/aromatic N) is 4. The lowest BCUT2D eigenvalue weighted by Gasteiger charge is -2.36. The average Bonchev–Trinajstić information content (AvgIpc) is 3.31. The fraction of sp³-hybridized carbons (Fsp3) is 0.308. The summed E-state index contributed by atoms with van der Waals surface area (Å²) in [6.07, 6.45) is 5.34. The molecule has 37 heavy (non-hydrogen) atoms. The molecule has 1 aromatic carbocycles. The Hall–Kier alpha value is -3.60. The summed E-state index contributed by atoms with van der Waals surface area (Å²) in [5.41, 5.74) is 2.57. The topological polar surface area (TPSA) is 119 Å². The maximum atomic E-state index is 14.6. The van der Waals surface area contributed by atoms with E-state index in [0.29, 0.717) is 46.4 Å². The number of anilines is 2. The number of H-pyrrole nitrogens is 1. The third-order valence-electron chi connectivity index (χ3n) is 6.50. The molecule has 1 aliphatic heterocycles. The molecule has 11 heteroatoms. The highest BCUT2D eigenvalue weighted by Gasteiger charge is 2.25. The summed E-state index contributed by atoms with van der Waals surface area (Å²) in [5, 5.41) is 18.2. The number of aromatic nitrogens is 4. The zero-order chi connectivity index (χ0) is 25.9. The molecule has 1 aliphatic rings. The molecule has 0 bridgehead atoms. The minimum absolute atomic E-state index is 0.0347. The van der Waals surface area contributed by atoms with Gasteiger partial charge in [-0.3, -0.25) is 9.69 Å². The number of carbonyl (C=O) groups excluding carboxylic acids is 1. The van der Waals surface area contributed by atoms with Crippen molar-refractivity contribution in [2.75, 3.05) is 30.3 Å². The lowest BCUT2D eigenvalue weighted by Crippen LogP contribution is -2.47. The van der Waals surface area contributed by atoms with Gasteiger partial charge in [0.2, 0.25) is 0 Å². The van der Waals surface area contributed by atoms with Gasteiger partial charge in [-0.15, -0.1) is 0 Å². The molecule has 5 rings (SSSR count). The van der Waals surface area contributed by atoms with Gasteiger partial charge in [0.15, 0.2) is 29.6 Å². The molecule has 9 nitrogen and oxygen atoms in total. The van der Waals surface area contributed by atoms with E-state index < -0.39 is 12.2 Å². The first kappa shape index (κ1) is 25.1. The standard InChI is InChI=1S/C26H27ClFN7O2/c1-15(36)17-5-2-6-19(8-17)33-26(37)35-7-3-4-16(14-35)10-29-25-22(28)13-32-24(34-25)21-12-31-23-20(21)9-18(27)11-30-23/h2,5-6,8-9,11-13,16,26,33,37H,3-4,7,10,14H2,1H3,(H,30,31)(H,29,32,34). The van der Waals surface area contributed by atoms with Crippen LogP contribution in [0.3, 0.4) is 0 Å². The van der Waals surface area contributed by atoms with Gasteiger partial charge in [-0.05, 0) is 43.9 Å². The normalized spacial score (nSPS) is 17.0. The summed E-state index contributed by atoms with van der Waals surface area (Å²) < 4.78 is 14.6. The van der Waals surface area contributed by atoms with Gasteiger partial charge in [0, 0.05) is 54.2 Å². The molecule has 3 aromatic heterocycles. The Morgan fingerprint density at radius 3 is 3.03 bits per heavy atom. The molecule has 4 N–H and O–H groups in total. The van der Waals surface area contributed by atoms with Gasteiger partial charge in [-0.25, -0.2) is 19.3 Å². The van der Waals surface area contributed by atoms with Gasteiger partial charge in [-0.2, -0.15) is 0 Å². The van der Waals surface area contributed by atoms with Crippen LogP contribution in [0, 0.1) is 11.7 Å². The molecule has 192 valence electrons. The van der Waals surface area contributed by atoms with Crippen LogP contribution in [0.15, 0.2) is 48.9 Å². The second-order valence-electron chi connectivity index (χ2n) is 9.18. The van der Waals surface area contributed by atoms with E-state index in [4.69, 9.17) is 11.6 Å². The first-order valence-corrected chi connectivity index (χ1v) is 12.4. The molecular formula is C26H27ClFN7O2. The molecule has 4 heterocycles. The molecule has 4 aromatic rings. The molecule has 0 saturated carbocycles. The fourth-order valence-electron chi connectivity index (χ4n) is 4.58. The quantitative estimate of drug-likeness (QED) is 0.196. The third-order valence-corrected chi connectivity index (χ3v) is 6.71. The summed E-state index contributed by atoms with van der Waals surface area (Å²) >= 11 is 6.10. The molecule has 2 atom stereocenters. The van der Waals surface area contributed by atoms with Crippen LogP contribution in [-0.4, -0.2) is 61.7 Å². The van der Waals surface area contributed by atoms with Crippen molar-refractivity contribution < 1.29 is 14.3 Å². The van der Waals surface area contributed by atoms with Crippen molar-refractivity contribution in [2.45, 2.75) is 26.1 Å². The molecule has 0 spiro atoms. The largest absolute Gasteiger partial charge is 0.367 e. The van der Waals surface area contributed by atoms with E-state index in [9.17, 15) is 14.3 Å². The molecule has 0 radical (unpaired) electrons. The van der Waals surface area contributed by atoms with E-state index in [1.807, 2.05) is 11.0 Å². The number of rotatable bonds is 8. The van der Waals surface area contributed by atoms with E-state index in [2.05, 4.69) is 30.6 Å². The van der Waals surface area contributed by atoms with Crippen molar-refractivity contribution in [3.05, 3.63) is 65.3 Å². The number of hydrogen-bond donors (Lipinski definition) is 4. The van der Waals surface area contributed by atoms with Crippen LogP contribution in [0.1, 0.15) is 30.1 Å². The first-order chi connectivity index (χ1) is 17.9. The minimum Gasteiger partial charge on any atom is -0.367 e. The smallest absolute Gasteiger partial charge is 0.184 e. The molecule has 1 saturated heterocycles. The van der Waals surface area contributed by atoms with Gasteiger partial charge >= 0.3 is 0 Å². The SMILES string of the molecule is CC(=O)c1cccc(NC(O)N2CCCC(CNc3nc(-c4c[nH]c5ncc(Cl)cc45)ncc3F)C2)c1. The number of likely N-dealkylation sites (tertiary alicyclic amines) is 1. The van der Waals surface area contributed by atoms with Crippen LogP contribution < -0.4 is 10.6 Å². The van der Waals surface area contributed by atoms with Crippen LogP contribution in [0.2, 0.25) is 5.02 Å². The highest BCUT2D eigenvalue weighted by atomic mass is 35.5. The molecule has 2 unspecified atom stereocenters. The lowest BCUT2D eigenvalue weighted by molar-refractivity contribution is -0.000198. The van der Waals surface area contributed by atoms with E-state index in [0.717, 1.165) is 31.0 Å². The summed E-state index contributed by atoms with van der Waals surface area (Å²) in [7, 11) is 0. The number of aliphatic hydroxyl groups is 1. The summed E-state index contributed by atoms with van der Waals surface area (Å²) in [6.45, 7) is 3.33. The Balaban J connectivity index is 1.23. The summed E-state index contributed by atoms with van der Waals surface area (Å²) in [4.78, 5) is 29.5. The maximum Gasteiger partial charge on any atom is 0.184 e. The number of aliphatic hydroxyl groups excluding tert-OH is 1. The highest BCUT2D eigenvalue weighted by Crippen LogP contribution is 2.28. The van der Waals surface area contributed by atoms with Crippen LogP contribution in [-0.2, 0) is 0 Å². The van der Waals surface area contributed by atoms with E-state index in [1.165, 1.54) is 6.92 Å². The van der Waals surface area contributed by atoms with Crippen molar-refractivity contribution in [2.24, 2.45) is 5.92 Å². The number of pyridine rings is 1. The molecule has 1 fully saturated rings. The number of fused-ring (bicyclic) bond motifs is 1. The van der Waals surface area contributed by atoms with Gasteiger partial charge in [-0.1, -0.05) is 23.7 Å². The number of hydrogen-bond acceptors (Lipinski definition) is 8. The predicted octanol–water partition coefficient (Wildman–Crippen LogP) is 4.53. The number of halogens is 2. The van der Waals surface area contributed by atoms with Gasteiger partial charge < -0.3 is 20.7 Å². The highest BCUT2D eigenvalue weighted by molar-refractivity contribution is 6.31. The number of carbonyl (C=O) groups is 1. The van der Waals surface area contributed by atoms with Crippen LogP contribution >= 0.6 is 11.6 Å². The van der Waals surface area contributed by atoms with Crippen molar-refractivity contribution >= 4 is 39.9 Å².